The van der Waals surface area contributed by atoms with Gasteiger partial charge in [0.1, 0.15) is 0 Å². The molecule has 1 aromatic carbocycles. The second-order valence-corrected chi connectivity index (χ2v) is 7.09. The highest BCUT2D eigenvalue weighted by atomic mass is 16.2. The number of hydrogen-bond acceptors (Lipinski definition) is 3. The van der Waals surface area contributed by atoms with Gasteiger partial charge in [-0.05, 0) is 43.9 Å². The van der Waals surface area contributed by atoms with Crippen LogP contribution in [0.25, 0.3) is 0 Å². The first-order chi connectivity index (χ1) is 12.6. The van der Waals surface area contributed by atoms with E-state index in [1.807, 2.05) is 31.2 Å². The van der Waals surface area contributed by atoms with Gasteiger partial charge in [-0.3, -0.25) is 9.59 Å². The van der Waals surface area contributed by atoms with Crippen molar-refractivity contribution in [1.82, 2.24) is 5.43 Å². The summed E-state index contributed by atoms with van der Waals surface area (Å²) in [5.41, 5.74) is 5.09. The lowest BCUT2D eigenvalue weighted by Gasteiger charge is -2.20. The van der Waals surface area contributed by atoms with E-state index in [0.29, 0.717) is 6.42 Å². The Kier molecular flexibility index (Phi) is 8.32. The van der Waals surface area contributed by atoms with Gasteiger partial charge in [0.05, 0.1) is 5.71 Å². The first-order valence-electron chi connectivity index (χ1n) is 9.84. The molecule has 0 atom stereocenters. The maximum absolute atomic E-state index is 12.3. The van der Waals surface area contributed by atoms with Gasteiger partial charge in [-0.2, -0.15) is 5.10 Å². The molecule has 2 rings (SSSR count). The Hall–Kier alpha value is -2.17. The van der Waals surface area contributed by atoms with Gasteiger partial charge in [-0.25, -0.2) is 5.43 Å². The average Bonchev–Trinajstić information content (AvgIpc) is 2.67. The van der Waals surface area contributed by atoms with Crippen molar-refractivity contribution >= 4 is 23.2 Å². The highest BCUT2D eigenvalue weighted by Crippen LogP contribution is 2.25. The zero-order valence-corrected chi connectivity index (χ0v) is 16.0. The normalized spacial score (nSPS) is 15.5. The van der Waals surface area contributed by atoms with Crippen LogP contribution in [0.1, 0.15) is 77.2 Å². The van der Waals surface area contributed by atoms with Gasteiger partial charge < -0.3 is 5.32 Å². The molecule has 142 valence electrons. The van der Waals surface area contributed by atoms with Crippen LogP contribution >= 0.6 is 0 Å². The fourth-order valence-electron chi connectivity index (χ4n) is 3.21. The van der Waals surface area contributed by atoms with E-state index in [1.165, 1.54) is 6.42 Å². The van der Waals surface area contributed by atoms with Crippen molar-refractivity contribution in [2.24, 2.45) is 11.0 Å². The molecular weight excluding hydrogens is 326 g/mol. The van der Waals surface area contributed by atoms with Crippen LogP contribution in [0.3, 0.4) is 0 Å². The molecule has 1 aliphatic rings. The standard InChI is InChI=1S/C21H31N3O2/c1-3-4-6-11-20(25)24-23-16(2)17-12-14-19(15-13-17)22-21(26)18-9-7-5-8-10-18/h12-15,18H,3-11H2,1-2H3,(H,22,26)(H,24,25). The number of carbonyl (C=O) groups excluding carboxylic acids is 2. The second kappa shape index (κ2) is 10.7. The van der Waals surface area contributed by atoms with E-state index in [1.54, 1.807) is 0 Å². The number of hydrogen-bond donors (Lipinski definition) is 2. The quantitative estimate of drug-likeness (QED) is 0.405. The van der Waals surface area contributed by atoms with Crippen molar-refractivity contribution < 1.29 is 9.59 Å². The van der Waals surface area contributed by atoms with Gasteiger partial charge >= 0.3 is 0 Å². The molecule has 5 heteroatoms. The van der Waals surface area contributed by atoms with Crippen molar-refractivity contribution in [3.63, 3.8) is 0 Å². The number of hydrazone groups is 1. The molecule has 0 bridgehead atoms. The van der Waals surface area contributed by atoms with Crippen molar-refractivity contribution in [3.8, 4) is 0 Å². The molecule has 0 aromatic heterocycles. The number of unbranched alkanes of at least 4 members (excludes halogenated alkanes) is 2. The van der Waals surface area contributed by atoms with Crippen LogP contribution in [0.15, 0.2) is 29.4 Å². The summed E-state index contributed by atoms with van der Waals surface area (Å²) in [4.78, 5) is 24.0. The largest absolute Gasteiger partial charge is 0.326 e. The van der Waals surface area contributed by atoms with Crippen molar-refractivity contribution in [1.29, 1.82) is 0 Å². The lowest BCUT2D eigenvalue weighted by molar-refractivity contribution is -0.121. The van der Waals surface area contributed by atoms with Gasteiger partial charge in [-0.15, -0.1) is 0 Å². The topological polar surface area (TPSA) is 70.6 Å². The highest BCUT2D eigenvalue weighted by molar-refractivity contribution is 6.00. The minimum atomic E-state index is -0.0471. The van der Waals surface area contributed by atoms with Gasteiger partial charge in [0.2, 0.25) is 11.8 Å². The maximum atomic E-state index is 12.3. The molecule has 0 heterocycles. The molecule has 0 spiro atoms. The molecule has 0 saturated heterocycles. The molecule has 1 saturated carbocycles. The van der Waals surface area contributed by atoms with E-state index in [4.69, 9.17) is 0 Å². The predicted molar refractivity (Wildman–Crippen MR) is 106 cm³/mol. The number of anilines is 1. The number of benzene rings is 1. The van der Waals surface area contributed by atoms with E-state index in [2.05, 4.69) is 22.8 Å². The van der Waals surface area contributed by atoms with Crippen molar-refractivity contribution in [2.75, 3.05) is 5.32 Å². The van der Waals surface area contributed by atoms with Gasteiger partial charge in [0.15, 0.2) is 0 Å². The van der Waals surface area contributed by atoms with Crippen LogP contribution in [-0.4, -0.2) is 17.5 Å². The summed E-state index contributed by atoms with van der Waals surface area (Å²) >= 11 is 0. The Labute approximate surface area is 156 Å². The van der Waals surface area contributed by atoms with E-state index in [0.717, 1.165) is 61.9 Å². The number of amides is 2. The molecule has 1 fully saturated rings. The third kappa shape index (κ3) is 6.62. The Balaban J connectivity index is 1.84. The van der Waals surface area contributed by atoms with Crippen LogP contribution in [0, 0.1) is 5.92 Å². The molecule has 2 amide bonds. The smallest absolute Gasteiger partial charge is 0.240 e. The van der Waals surface area contributed by atoms with Crippen LogP contribution in [0.5, 0.6) is 0 Å². The van der Waals surface area contributed by atoms with Crippen LogP contribution < -0.4 is 10.7 Å². The van der Waals surface area contributed by atoms with E-state index in [-0.39, 0.29) is 17.7 Å². The van der Waals surface area contributed by atoms with Gasteiger partial charge in [0, 0.05) is 18.0 Å². The summed E-state index contributed by atoms with van der Waals surface area (Å²) in [5, 5.41) is 7.18. The van der Waals surface area contributed by atoms with E-state index < -0.39 is 0 Å². The lowest BCUT2D eigenvalue weighted by atomic mass is 9.88. The number of nitrogens with one attached hydrogen (secondary N) is 2. The SMILES string of the molecule is CCCCCC(=O)NN=C(C)c1ccc(NC(=O)C2CCCCC2)cc1. The Morgan fingerprint density at radius 3 is 2.42 bits per heavy atom. The second-order valence-electron chi connectivity index (χ2n) is 7.09. The Morgan fingerprint density at radius 1 is 1.08 bits per heavy atom. The van der Waals surface area contributed by atoms with Crippen LogP contribution in [-0.2, 0) is 9.59 Å². The third-order valence-electron chi connectivity index (χ3n) is 4.90. The lowest BCUT2D eigenvalue weighted by Crippen LogP contribution is -2.24. The number of carbonyl (C=O) groups is 2. The first-order valence-corrected chi connectivity index (χ1v) is 9.84. The molecule has 2 N–H and O–H groups in total. The number of nitrogens with zero attached hydrogens (tertiary/aromatic N) is 1. The summed E-state index contributed by atoms with van der Waals surface area (Å²) in [6.07, 6.45) is 9.09. The van der Waals surface area contributed by atoms with Crippen molar-refractivity contribution in [3.05, 3.63) is 29.8 Å². The molecule has 5 nitrogen and oxygen atoms in total. The summed E-state index contributed by atoms with van der Waals surface area (Å²) < 4.78 is 0. The minimum absolute atomic E-state index is 0.0471. The fourth-order valence-corrected chi connectivity index (χ4v) is 3.21. The first kappa shape index (κ1) is 20.1. The minimum Gasteiger partial charge on any atom is -0.326 e. The molecule has 0 aliphatic heterocycles. The van der Waals surface area contributed by atoms with Crippen molar-refractivity contribution in [2.45, 2.75) is 71.6 Å². The maximum Gasteiger partial charge on any atom is 0.240 e. The molecular formula is C21H31N3O2. The average molecular weight is 357 g/mol. The number of rotatable bonds is 8. The molecule has 1 aliphatic carbocycles. The summed E-state index contributed by atoms with van der Waals surface area (Å²) in [6, 6.07) is 7.60. The summed E-state index contributed by atoms with van der Waals surface area (Å²) in [6.45, 7) is 3.98. The highest BCUT2D eigenvalue weighted by Gasteiger charge is 2.20. The predicted octanol–water partition coefficient (Wildman–Crippen LogP) is 4.63. The summed E-state index contributed by atoms with van der Waals surface area (Å²) in [5.74, 6) is 0.228. The molecule has 26 heavy (non-hydrogen) atoms. The fraction of sp³-hybridized carbons (Fsp3) is 0.571. The molecule has 0 radical (unpaired) electrons. The Bertz CT molecular complexity index is 617. The van der Waals surface area contributed by atoms with Crippen LogP contribution in [0.4, 0.5) is 5.69 Å². The van der Waals surface area contributed by atoms with E-state index >= 15 is 0 Å². The van der Waals surface area contributed by atoms with Gasteiger partial charge in [0.25, 0.3) is 0 Å². The zero-order chi connectivity index (χ0) is 18.8. The molecule has 1 aromatic rings. The van der Waals surface area contributed by atoms with Gasteiger partial charge in [-0.1, -0.05) is 51.2 Å². The Morgan fingerprint density at radius 2 is 1.77 bits per heavy atom. The van der Waals surface area contributed by atoms with E-state index in [9.17, 15) is 9.59 Å². The zero-order valence-electron chi connectivity index (χ0n) is 16.0. The van der Waals surface area contributed by atoms with Crippen LogP contribution in [0.2, 0.25) is 0 Å². The molecule has 0 unspecified atom stereocenters. The monoisotopic (exact) mass is 357 g/mol. The third-order valence-corrected chi connectivity index (χ3v) is 4.90. The summed E-state index contributed by atoms with van der Waals surface area (Å²) in [7, 11) is 0.